The molecule has 1 fully saturated rings. The van der Waals surface area contributed by atoms with E-state index in [4.69, 9.17) is 4.74 Å². The van der Waals surface area contributed by atoms with Gasteiger partial charge in [-0.3, -0.25) is 25.3 Å². The number of ether oxygens (including phenoxy) is 1. The predicted molar refractivity (Wildman–Crippen MR) is 97.0 cm³/mol. The largest absolute Gasteiger partial charge is 0.494 e. The average Bonchev–Trinajstić information content (AvgIpc) is 3.14. The van der Waals surface area contributed by atoms with E-state index in [0.29, 0.717) is 19.1 Å². The molecule has 0 radical (unpaired) electrons. The highest BCUT2D eigenvalue weighted by atomic mass is 16.5. The van der Waals surface area contributed by atoms with Gasteiger partial charge in [0, 0.05) is 19.4 Å². The summed E-state index contributed by atoms with van der Waals surface area (Å²) in [6.45, 7) is 6.53. The molecular formula is C19H29N3O3. The first-order valence-corrected chi connectivity index (χ1v) is 9.08. The number of likely N-dealkylation sites (tertiary alicyclic amines) is 1. The van der Waals surface area contributed by atoms with Crippen molar-refractivity contribution in [3.05, 3.63) is 29.8 Å². The lowest BCUT2D eigenvalue weighted by molar-refractivity contribution is -0.127. The zero-order valence-corrected chi connectivity index (χ0v) is 15.2. The molecule has 25 heavy (non-hydrogen) atoms. The lowest BCUT2D eigenvalue weighted by atomic mass is 10.1. The quantitative estimate of drug-likeness (QED) is 0.560. The van der Waals surface area contributed by atoms with Crippen molar-refractivity contribution in [2.24, 2.45) is 0 Å². The van der Waals surface area contributed by atoms with Gasteiger partial charge in [-0.25, -0.2) is 0 Å². The highest BCUT2D eigenvalue weighted by Gasteiger charge is 2.19. The van der Waals surface area contributed by atoms with E-state index < -0.39 is 0 Å². The maximum Gasteiger partial charge on any atom is 0.238 e. The Morgan fingerprint density at radius 1 is 1.20 bits per heavy atom. The third-order valence-corrected chi connectivity index (χ3v) is 4.47. The van der Waals surface area contributed by atoms with Gasteiger partial charge in [-0.1, -0.05) is 12.1 Å². The van der Waals surface area contributed by atoms with E-state index in [1.165, 1.54) is 38.4 Å². The van der Waals surface area contributed by atoms with Crippen molar-refractivity contribution in [2.45, 2.75) is 52.0 Å². The van der Waals surface area contributed by atoms with Crippen LogP contribution < -0.4 is 15.6 Å². The molecule has 1 aromatic rings. The number of rotatable bonds is 8. The van der Waals surface area contributed by atoms with Crippen molar-refractivity contribution in [1.29, 1.82) is 0 Å². The zero-order valence-electron chi connectivity index (χ0n) is 15.2. The molecule has 0 saturated carbocycles. The van der Waals surface area contributed by atoms with Crippen LogP contribution in [0.25, 0.3) is 0 Å². The van der Waals surface area contributed by atoms with Crippen LogP contribution in [0.1, 0.15) is 57.6 Å². The van der Waals surface area contributed by atoms with Gasteiger partial charge in [0.1, 0.15) is 5.75 Å². The standard InChI is InChI=1S/C19H29N3O3/c1-15(22-11-4-5-12-22)17-8-7-9-18(14-17)25-13-6-3-10-19(24)21-20-16(2)23/h7-9,14-15H,3-6,10-13H2,1-2H3,(H,20,23)(H,21,24). The van der Waals surface area contributed by atoms with Crippen LogP contribution in [0.3, 0.4) is 0 Å². The summed E-state index contributed by atoms with van der Waals surface area (Å²) in [4.78, 5) is 24.7. The molecule has 1 saturated heterocycles. The van der Waals surface area contributed by atoms with Crippen LogP contribution in [0.15, 0.2) is 24.3 Å². The van der Waals surface area contributed by atoms with E-state index >= 15 is 0 Å². The Hall–Kier alpha value is -2.08. The Morgan fingerprint density at radius 3 is 2.68 bits per heavy atom. The molecule has 6 nitrogen and oxygen atoms in total. The number of hydrogen-bond donors (Lipinski definition) is 2. The molecule has 1 aliphatic rings. The maximum absolute atomic E-state index is 11.5. The van der Waals surface area contributed by atoms with Crippen molar-refractivity contribution < 1.29 is 14.3 Å². The lowest BCUT2D eigenvalue weighted by Gasteiger charge is -2.24. The van der Waals surface area contributed by atoms with E-state index in [-0.39, 0.29) is 11.8 Å². The second-order valence-electron chi connectivity index (χ2n) is 6.53. The number of hydrazine groups is 1. The van der Waals surface area contributed by atoms with Crippen LogP contribution in [-0.2, 0) is 9.59 Å². The fourth-order valence-corrected chi connectivity index (χ4v) is 3.00. The van der Waals surface area contributed by atoms with Crippen molar-refractivity contribution in [3.8, 4) is 5.75 Å². The van der Waals surface area contributed by atoms with E-state index in [2.05, 4.69) is 34.8 Å². The van der Waals surface area contributed by atoms with Gasteiger partial charge < -0.3 is 4.74 Å². The minimum atomic E-state index is -0.278. The third kappa shape index (κ3) is 6.74. The number of hydrogen-bond acceptors (Lipinski definition) is 4. The molecule has 2 amide bonds. The second-order valence-corrected chi connectivity index (χ2v) is 6.53. The van der Waals surface area contributed by atoms with Crippen molar-refractivity contribution >= 4 is 11.8 Å². The summed E-state index contributed by atoms with van der Waals surface area (Å²) in [7, 11) is 0. The first kappa shape index (κ1) is 19.2. The molecule has 138 valence electrons. The minimum Gasteiger partial charge on any atom is -0.494 e. The van der Waals surface area contributed by atoms with Crippen LogP contribution in [0, 0.1) is 0 Å². The summed E-state index contributed by atoms with van der Waals surface area (Å²) < 4.78 is 5.82. The Kier molecular flexibility index (Phi) is 7.73. The first-order valence-electron chi connectivity index (χ1n) is 9.08. The number of carbonyl (C=O) groups is 2. The number of benzene rings is 1. The number of nitrogens with one attached hydrogen (secondary N) is 2. The molecule has 0 spiro atoms. The average molecular weight is 347 g/mol. The predicted octanol–water partition coefficient (Wildman–Crippen LogP) is 2.56. The van der Waals surface area contributed by atoms with Gasteiger partial charge in [-0.05, 0) is 63.4 Å². The zero-order chi connectivity index (χ0) is 18.1. The van der Waals surface area contributed by atoms with Crippen LogP contribution >= 0.6 is 0 Å². The lowest BCUT2D eigenvalue weighted by Crippen LogP contribution is -2.40. The normalized spacial score (nSPS) is 15.6. The van der Waals surface area contributed by atoms with Gasteiger partial charge >= 0.3 is 0 Å². The highest BCUT2D eigenvalue weighted by molar-refractivity contribution is 5.80. The Balaban J connectivity index is 1.68. The number of nitrogens with zero attached hydrogens (tertiary/aromatic N) is 1. The maximum atomic E-state index is 11.5. The molecule has 1 atom stereocenters. The summed E-state index contributed by atoms with van der Waals surface area (Å²) >= 11 is 0. The van der Waals surface area contributed by atoms with Gasteiger partial charge in [-0.15, -0.1) is 0 Å². The van der Waals surface area contributed by atoms with Gasteiger partial charge in [0.2, 0.25) is 11.8 Å². The number of amides is 2. The number of unbranched alkanes of at least 4 members (excludes halogenated alkanes) is 1. The van der Waals surface area contributed by atoms with E-state index in [1.807, 2.05) is 12.1 Å². The molecule has 1 heterocycles. The molecule has 1 aliphatic heterocycles. The molecule has 0 aliphatic carbocycles. The molecule has 2 N–H and O–H groups in total. The molecule has 1 unspecified atom stereocenters. The van der Waals surface area contributed by atoms with E-state index in [0.717, 1.165) is 18.6 Å². The summed E-state index contributed by atoms with van der Waals surface area (Å²) in [5, 5.41) is 0. The summed E-state index contributed by atoms with van der Waals surface area (Å²) in [5.41, 5.74) is 5.92. The summed E-state index contributed by atoms with van der Waals surface area (Å²) in [6, 6.07) is 8.71. The monoisotopic (exact) mass is 347 g/mol. The smallest absolute Gasteiger partial charge is 0.238 e. The van der Waals surface area contributed by atoms with Gasteiger partial charge in [0.15, 0.2) is 0 Å². The highest BCUT2D eigenvalue weighted by Crippen LogP contribution is 2.27. The van der Waals surface area contributed by atoms with Gasteiger partial charge in [-0.2, -0.15) is 0 Å². The Labute approximate surface area is 149 Å². The molecular weight excluding hydrogens is 318 g/mol. The van der Waals surface area contributed by atoms with Crippen LogP contribution in [0.4, 0.5) is 0 Å². The Bertz CT molecular complexity index is 571. The molecule has 0 aromatic heterocycles. The Morgan fingerprint density at radius 2 is 1.96 bits per heavy atom. The molecule has 0 bridgehead atoms. The minimum absolute atomic E-state index is 0.184. The van der Waals surface area contributed by atoms with Crippen LogP contribution in [0.2, 0.25) is 0 Å². The van der Waals surface area contributed by atoms with Crippen LogP contribution in [0.5, 0.6) is 5.75 Å². The molecule has 6 heteroatoms. The summed E-state index contributed by atoms with van der Waals surface area (Å²) in [6.07, 6.45) is 4.45. The number of carbonyl (C=O) groups excluding carboxylic acids is 2. The van der Waals surface area contributed by atoms with Crippen LogP contribution in [-0.4, -0.2) is 36.4 Å². The fourth-order valence-electron chi connectivity index (χ4n) is 3.00. The molecule has 1 aromatic carbocycles. The van der Waals surface area contributed by atoms with Crippen molar-refractivity contribution in [2.75, 3.05) is 19.7 Å². The summed E-state index contributed by atoms with van der Waals surface area (Å²) in [5.74, 6) is 0.419. The molecule has 2 rings (SSSR count). The fraction of sp³-hybridized carbons (Fsp3) is 0.579. The van der Waals surface area contributed by atoms with E-state index in [9.17, 15) is 9.59 Å². The topological polar surface area (TPSA) is 70.7 Å². The van der Waals surface area contributed by atoms with Gasteiger partial charge in [0.05, 0.1) is 6.61 Å². The van der Waals surface area contributed by atoms with Crippen molar-refractivity contribution in [3.63, 3.8) is 0 Å². The second kappa shape index (κ2) is 10.0. The van der Waals surface area contributed by atoms with Gasteiger partial charge in [0.25, 0.3) is 0 Å². The van der Waals surface area contributed by atoms with Crippen molar-refractivity contribution in [1.82, 2.24) is 15.8 Å². The SMILES string of the molecule is CC(=O)NNC(=O)CCCCOc1cccc(C(C)N2CCCC2)c1. The van der Waals surface area contributed by atoms with E-state index in [1.54, 1.807) is 0 Å². The third-order valence-electron chi connectivity index (χ3n) is 4.47. The first-order chi connectivity index (χ1) is 12.1.